The van der Waals surface area contributed by atoms with Crippen molar-refractivity contribution < 1.29 is 0 Å². The summed E-state index contributed by atoms with van der Waals surface area (Å²) in [6.45, 7) is 3.96. The maximum absolute atomic E-state index is 4.48. The van der Waals surface area contributed by atoms with Crippen LogP contribution in [0.1, 0.15) is 17.1 Å². The highest BCUT2D eigenvalue weighted by Gasteiger charge is 2.09. The molecule has 0 N–H and O–H groups in total. The van der Waals surface area contributed by atoms with Crippen molar-refractivity contribution in [3.63, 3.8) is 0 Å². The summed E-state index contributed by atoms with van der Waals surface area (Å²) in [5.41, 5.74) is 2.92. The summed E-state index contributed by atoms with van der Waals surface area (Å²) in [7, 11) is 0. The van der Waals surface area contributed by atoms with Gasteiger partial charge in [-0.15, -0.1) is 5.10 Å². The van der Waals surface area contributed by atoms with Crippen LogP contribution in [-0.2, 0) is 5.75 Å². The summed E-state index contributed by atoms with van der Waals surface area (Å²) in [4.78, 5) is 17.5. The highest BCUT2D eigenvalue weighted by molar-refractivity contribution is 7.98. The fourth-order valence-electron chi connectivity index (χ4n) is 2.30. The third-order valence-electron chi connectivity index (χ3n) is 3.23. The molecule has 0 fully saturated rings. The van der Waals surface area contributed by atoms with Gasteiger partial charge in [-0.05, 0) is 26.0 Å². The Kier molecular flexibility index (Phi) is 3.04. The van der Waals surface area contributed by atoms with E-state index in [9.17, 15) is 0 Å². The first-order valence-corrected chi connectivity index (χ1v) is 7.80. The van der Waals surface area contributed by atoms with Gasteiger partial charge in [0.15, 0.2) is 0 Å². The van der Waals surface area contributed by atoms with Gasteiger partial charge in [-0.1, -0.05) is 11.8 Å². The molecule has 7 nitrogen and oxygen atoms in total. The Morgan fingerprint density at radius 3 is 2.91 bits per heavy atom. The minimum Gasteiger partial charge on any atom is -0.291 e. The van der Waals surface area contributed by atoms with Crippen LogP contribution in [0.5, 0.6) is 0 Å². The van der Waals surface area contributed by atoms with Gasteiger partial charge in [-0.25, -0.2) is 19.5 Å². The van der Waals surface area contributed by atoms with Gasteiger partial charge < -0.3 is 0 Å². The van der Waals surface area contributed by atoms with Crippen molar-refractivity contribution in [3.05, 3.63) is 47.8 Å². The minimum atomic E-state index is 0.636. The second-order valence-corrected chi connectivity index (χ2v) is 5.94. The van der Waals surface area contributed by atoms with Crippen LogP contribution in [0.2, 0.25) is 0 Å². The largest absolute Gasteiger partial charge is 0.291 e. The molecule has 0 aromatic carbocycles. The number of thioether (sulfide) groups is 1. The smallest absolute Gasteiger partial charge is 0.253 e. The van der Waals surface area contributed by atoms with Gasteiger partial charge >= 0.3 is 0 Å². The Balaban J connectivity index is 1.59. The standard InChI is InChI=1S/C14H13N7S/c1-9-6-10(2)21-13(16-9)18-14(19-21)22-8-11-7-20-5-3-4-15-12(20)17-11/h3-7H,8H2,1-2H3. The molecular weight excluding hydrogens is 298 g/mol. The van der Waals surface area contributed by atoms with Crippen molar-refractivity contribution in [2.24, 2.45) is 0 Å². The zero-order chi connectivity index (χ0) is 15.1. The van der Waals surface area contributed by atoms with Crippen LogP contribution in [0.4, 0.5) is 0 Å². The lowest BCUT2D eigenvalue weighted by Crippen LogP contribution is -1.97. The molecule has 0 amide bonds. The van der Waals surface area contributed by atoms with Crippen LogP contribution < -0.4 is 0 Å². The third-order valence-corrected chi connectivity index (χ3v) is 4.10. The molecule has 0 aliphatic heterocycles. The van der Waals surface area contributed by atoms with Crippen molar-refractivity contribution in [3.8, 4) is 0 Å². The molecule has 8 heteroatoms. The normalized spacial score (nSPS) is 11.5. The number of aryl methyl sites for hydroxylation is 2. The molecule has 110 valence electrons. The van der Waals surface area contributed by atoms with Crippen LogP contribution in [0, 0.1) is 13.8 Å². The Labute approximate surface area is 130 Å². The Morgan fingerprint density at radius 1 is 1.14 bits per heavy atom. The maximum atomic E-state index is 4.48. The number of nitrogens with zero attached hydrogens (tertiary/aromatic N) is 7. The molecule has 0 saturated carbocycles. The van der Waals surface area contributed by atoms with Gasteiger partial charge in [0.1, 0.15) is 0 Å². The van der Waals surface area contributed by atoms with Crippen LogP contribution in [0.25, 0.3) is 11.6 Å². The summed E-state index contributed by atoms with van der Waals surface area (Å²) in [5.74, 6) is 2.03. The molecule has 0 aliphatic rings. The van der Waals surface area contributed by atoms with Gasteiger partial charge in [0.2, 0.25) is 10.9 Å². The average Bonchev–Trinajstić information content (AvgIpc) is 3.07. The highest BCUT2D eigenvalue weighted by atomic mass is 32.2. The van der Waals surface area contributed by atoms with Gasteiger partial charge in [0.25, 0.3) is 5.78 Å². The molecule has 22 heavy (non-hydrogen) atoms. The molecule has 0 radical (unpaired) electrons. The number of imidazole rings is 1. The summed E-state index contributed by atoms with van der Waals surface area (Å²) < 4.78 is 3.67. The van der Waals surface area contributed by atoms with E-state index in [0.717, 1.165) is 17.1 Å². The quantitative estimate of drug-likeness (QED) is 0.539. The first kappa shape index (κ1) is 13.2. The van der Waals surface area contributed by atoms with Gasteiger partial charge in [-0.3, -0.25) is 4.40 Å². The van der Waals surface area contributed by atoms with Crippen LogP contribution >= 0.6 is 11.8 Å². The summed E-state index contributed by atoms with van der Waals surface area (Å²) >= 11 is 1.54. The van der Waals surface area contributed by atoms with Crippen molar-refractivity contribution >= 4 is 23.3 Å². The minimum absolute atomic E-state index is 0.636. The zero-order valence-corrected chi connectivity index (χ0v) is 12.9. The van der Waals surface area contributed by atoms with E-state index < -0.39 is 0 Å². The first-order chi connectivity index (χ1) is 10.7. The van der Waals surface area contributed by atoms with Crippen molar-refractivity contribution in [2.45, 2.75) is 24.8 Å². The van der Waals surface area contributed by atoms with Crippen molar-refractivity contribution in [2.75, 3.05) is 0 Å². The van der Waals surface area contributed by atoms with E-state index in [0.29, 0.717) is 22.5 Å². The SMILES string of the molecule is Cc1cc(C)n2nc(SCc3cn4cccnc4n3)nc2n1. The predicted molar refractivity (Wildman–Crippen MR) is 82.8 cm³/mol. The summed E-state index contributed by atoms with van der Waals surface area (Å²) in [6.07, 6.45) is 5.64. The molecule has 0 unspecified atom stereocenters. The van der Waals surface area contributed by atoms with Crippen LogP contribution in [0.15, 0.2) is 35.9 Å². The van der Waals surface area contributed by atoms with Gasteiger partial charge in [0.05, 0.1) is 5.69 Å². The van der Waals surface area contributed by atoms with Crippen LogP contribution in [0.3, 0.4) is 0 Å². The van der Waals surface area contributed by atoms with E-state index in [1.165, 1.54) is 0 Å². The number of hydrogen-bond acceptors (Lipinski definition) is 6. The number of aromatic nitrogens is 7. The highest BCUT2D eigenvalue weighted by Crippen LogP contribution is 2.20. The van der Waals surface area contributed by atoms with E-state index in [1.54, 1.807) is 22.5 Å². The molecule has 0 atom stereocenters. The summed E-state index contributed by atoms with van der Waals surface area (Å²) in [5, 5.41) is 5.18. The number of hydrogen-bond donors (Lipinski definition) is 0. The maximum Gasteiger partial charge on any atom is 0.253 e. The van der Waals surface area contributed by atoms with Crippen LogP contribution in [-0.4, -0.2) is 34.0 Å². The molecule has 0 aliphatic carbocycles. The second kappa shape index (κ2) is 5.06. The lowest BCUT2D eigenvalue weighted by molar-refractivity contribution is 0.843. The van der Waals surface area contributed by atoms with E-state index >= 15 is 0 Å². The van der Waals surface area contributed by atoms with Crippen molar-refractivity contribution in [1.82, 2.24) is 34.0 Å². The van der Waals surface area contributed by atoms with E-state index in [-0.39, 0.29) is 0 Å². The lowest BCUT2D eigenvalue weighted by Gasteiger charge is -1.97. The second-order valence-electron chi connectivity index (χ2n) is 4.99. The molecule has 4 aromatic heterocycles. The molecule has 4 rings (SSSR count). The first-order valence-electron chi connectivity index (χ1n) is 6.81. The van der Waals surface area contributed by atoms with E-state index in [2.05, 4.69) is 25.0 Å². The molecule has 4 aromatic rings. The molecule has 4 heterocycles. The Bertz CT molecular complexity index is 939. The fraction of sp³-hybridized carbons (Fsp3) is 0.214. The number of fused-ring (bicyclic) bond motifs is 2. The van der Waals surface area contributed by atoms with Gasteiger partial charge in [-0.2, -0.15) is 4.98 Å². The monoisotopic (exact) mass is 311 g/mol. The summed E-state index contributed by atoms with van der Waals surface area (Å²) in [6, 6.07) is 3.87. The Morgan fingerprint density at radius 2 is 2.05 bits per heavy atom. The zero-order valence-electron chi connectivity index (χ0n) is 12.1. The topological polar surface area (TPSA) is 73.3 Å². The third kappa shape index (κ3) is 2.31. The molecular formula is C14H13N7S. The fourth-order valence-corrected chi connectivity index (χ4v) is 3.00. The van der Waals surface area contributed by atoms with E-state index in [1.807, 2.05) is 42.8 Å². The van der Waals surface area contributed by atoms with Crippen molar-refractivity contribution in [1.29, 1.82) is 0 Å². The Hall–Kier alpha value is -2.48. The lowest BCUT2D eigenvalue weighted by atomic mass is 10.4. The number of rotatable bonds is 3. The molecule has 0 spiro atoms. The average molecular weight is 311 g/mol. The van der Waals surface area contributed by atoms with Gasteiger partial charge in [0, 0.05) is 35.7 Å². The predicted octanol–water partition coefficient (Wildman–Crippen LogP) is 2.08. The van der Waals surface area contributed by atoms with E-state index in [4.69, 9.17) is 0 Å². The molecule has 0 bridgehead atoms. The molecule has 0 saturated heterocycles.